The number of nitrogens with one attached hydrogen (secondary N) is 2. The van der Waals surface area contributed by atoms with Gasteiger partial charge in [-0.25, -0.2) is 0 Å². The molecule has 0 spiro atoms. The molecule has 1 heterocycles. The molecule has 4 nitrogen and oxygen atoms in total. The van der Waals surface area contributed by atoms with E-state index >= 15 is 0 Å². The van der Waals surface area contributed by atoms with Crippen LogP contribution in [0.5, 0.6) is 0 Å². The van der Waals surface area contributed by atoms with Crippen molar-refractivity contribution in [2.45, 2.75) is 0 Å². The molecule has 0 unspecified atom stereocenters. The summed E-state index contributed by atoms with van der Waals surface area (Å²) in [5.41, 5.74) is 0.751. The average Bonchev–Trinajstić information content (AvgIpc) is 2.30. The molecule has 1 aromatic carbocycles. The van der Waals surface area contributed by atoms with Gasteiger partial charge in [0.2, 0.25) is 5.56 Å². The van der Waals surface area contributed by atoms with Crippen LogP contribution in [0, 0.1) is 0 Å². The van der Waals surface area contributed by atoms with Crippen molar-refractivity contribution in [2.24, 2.45) is 0 Å². The highest BCUT2D eigenvalue weighted by molar-refractivity contribution is 6.04. The summed E-state index contributed by atoms with van der Waals surface area (Å²) >= 11 is 0. The third kappa shape index (κ3) is 2.36. The Morgan fingerprint density at radius 1 is 1.12 bits per heavy atom. The van der Waals surface area contributed by atoms with Crippen molar-refractivity contribution in [1.82, 2.24) is 4.98 Å². The molecule has 0 aliphatic heterocycles. The number of carbonyl (C=O) groups is 1. The minimum atomic E-state index is -0.294. The van der Waals surface area contributed by atoms with Crippen LogP contribution in [-0.4, -0.2) is 10.9 Å². The first-order valence-corrected chi connectivity index (χ1v) is 4.81. The van der Waals surface area contributed by atoms with Gasteiger partial charge in [-0.3, -0.25) is 9.59 Å². The molecule has 0 saturated carbocycles. The van der Waals surface area contributed by atoms with Gasteiger partial charge >= 0.3 is 0 Å². The van der Waals surface area contributed by atoms with E-state index in [4.69, 9.17) is 0 Å². The van der Waals surface area contributed by atoms with Gasteiger partial charge in [0.25, 0.3) is 5.91 Å². The van der Waals surface area contributed by atoms with Crippen LogP contribution in [0.15, 0.2) is 53.5 Å². The summed E-state index contributed by atoms with van der Waals surface area (Å²) in [6.07, 6.45) is 1.45. The SMILES string of the molecule is O=C(Nc1ccccc1)c1cc[nH]c(=O)c1. The van der Waals surface area contributed by atoms with Gasteiger partial charge in [-0.1, -0.05) is 18.2 Å². The number of aromatic nitrogens is 1. The summed E-state index contributed by atoms with van der Waals surface area (Å²) in [4.78, 5) is 25.2. The standard InChI is InChI=1S/C12H10N2O2/c15-11-8-9(6-7-13-11)12(16)14-10-4-2-1-3-5-10/h1-8H,(H,13,15)(H,14,16). The fraction of sp³-hybridized carbons (Fsp3) is 0. The molecule has 0 aliphatic rings. The Labute approximate surface area is 91.9 Å². The smallest absolute Gasteiger partial charge is 0.255 e. The average molecular weight is 214 g/mol. The van der Waals surface area contributed by atoms with Gasteiger partial charge in [-0.2, -0.15) is 0 Å². The predicted molar refractivity (Wildman–Crippen MR) is 61.5 cm³/mol. The minimum absolute atomic E-state index is 0.291. The molecule has 2 N–H and O–H groups in total. The number of hydrogen-bond acceptors (Lipinski definition) is 2. The lowest BCUT2D eigenvalue weighted by Crippen LogP contribution is -2.15. The second-order valence-corrected chi connectivity index (χ2v) is 3.26. The van der Waals surface area contributed by atoms with Crippen LogP contribution in [0.2, 0.25) is 0 Å². The van der Waals surface area contributed by atoms with Crippen molar-refractivity contribution in [3.05, 3.63) is 64.6 Å². The van der Waals surface area contributed by atoms with Gasteiger partial charge in [-0.05, 0) is 18.2 Å². The van der Waals surface area contributed by atoms with Gasteiger partial charge < -0.3 is 10.3 Å². The number of rotatable bonds is 2. The highest BCUT2D eigenvalue weighted by Gasteiger charge is 2.05. The molecule has 0 bridgehead atoms. The molecule has 0 atom stereocenters. The van der Waals surface area contributed by atoms with Crippen LogP contribution < -0.4 is 10.9 Å². The zero-order valence-corrected chi connectivity index (χ0v) is 8.44. The number of amides is 1. The third-order valence-corrected chi connectivity index (χ3v) is 2.07. The molecule has 0 saturated heterocycles. The first-order valence-electron chi connectivity index (χ1n) is 4.81. The molecule has 1 aromatic heterocycles. The quantitative estimate of drug-likeness (QED) is 0.798. The Morgan fingerprint density at radius 3 is 2.56 bits per heavy atom. The topological polar surface area (TPSA) is 62.0 Å². The summed E-state index contributed by atoms with van der Waals surface area (Å²) in [5, 5.41) is 2.69. The first kappa shape index (κ1) is 10.2. The summed E-state index contributed by atoms with van der Waals surface area (Å²) in [6.45, 7) is 0. The van der Waals surface area contributed by atoms with Gasteiger partial charge in [0.15, 0.2) is 0 Å². The van der Waals surface area contributed by atoms with Gasteiger partial charge in [-0.15, -0.1) is 0 Å². The van der Waals surface area contributed by atoms with Gasteiger partial charge in [0.1, 0.15) is 0 Å². The number of hydrogen-bond donors (Lipinski definition) is 2. The normalized spacial score (nSPS) is 9.75. The van der Waals surface area contributed by atoms with E-state index in [0.29, 0.717) is 11.3 Å². The maximum atomic E-state index is 11.7. The van der Waals surface area contributed by atoms with E-state index in [2.05, 4.69) is 10.3 Å². The summed E-state index contributed by atoms with van der Waals surface area (Å²) in [6, 6.07) is 11.9. The molecule has 4 heteroatoms. The van der Waals surface area contributed by atoms with E-state index in [1.165, 1.54) is 12.3 Å². The maximum Gasteiger partial charge on any atom is 0.255 e. The van der Waals surface area contributed by atoms with Gasteiger partial charge in [0, 0.05) is 23.5 Å². The molecular formula is C12H10N2O2. The summed E-state index contributed by atoms with van der Waals surface area (Å²) < 4.78 is 0. The minimum Gasteiger partial charge on any atom is -0.329 e. The van der Waals surface area contributed by atoms with E-state index in [1.807, 2.05) is 18.2 Å². The molecule has 0 aliphatic carbocycles. The van der Waals surface area contributed by atoms with Crippen LogP contribution in [0.25, 0.3) is 0 Å². The Kier molecular flexibility index (Phi) is 2.82. The Morgan fingerprint density at radius 2 is 1.88 bits per heavy atom. The molecular weight excluding hydrogens is 204 g/mol. The number of anilines is 1. The van der Waals surface area contributed by atoms with E-state index < -0.39 is 0 Å². The number of pyridine rings is 1. The van der Waals surface area contributed by atoms with Crippen molar-refractivity contribution >= 4 is 11.6 Å². The predicted octanol–water partition coefficient (Wildman–Crippen LogP) is 1.63. The molecule has 80 valence electrons. The van der Waals surface area contributed by atoms with Crippen LogP contribution in [0.1, 0.15) is 10.4 Å². The first-order chi connectivity index (χ1) is 7.75. The van der Waals surface area contributed by atoms with Crippen LogP contribution in [0.4, 0.5) is 5.69 Å². The molecule has 1 amide bonds. The van der Waals surface area contributed by atoms with Crippen molar-refractivity contribution in [1.29, 1.82) is 0 Å². The number of para-hydroxylation sites is 1. The van der Waals surface area contributed by atoms with Crippen molar-refractivity contribution < 1.29 is 4.79 Å². The number of H-pyrrole nitrogens is 1. The fourth-order valence-corrected chi connectivity index (χ4v) is 1.31. The number of benzene rings is 1. The van der Waals surface area contributed by atoms with Crippen molar-refractivity contribution in [3.63, 3.8) is 0 Å². The number of carbonyl (C=O) groups excluding carboxylic acids is 1. The highest BCUT2D eigenvalue weighted by atomic mass is 16.2. The van der Waals surface area contributed by atoms with E-state index in [-0.39, 0.29) is 11.5 Å². The summed E-state index contributed by atoms with van der Waals surface area (Å²) in [7, 11) is 0. The zero-order valence-electron chi connectivity index (χ0n) is 8.44. The Hall–Kier alpha value is -2.36. The second-order valence-electron chi connectivity index (χ2n) is 3.26. The molecule has 2 aromatic rings. The highest BCUT2D eigenvalue weighted by Crippen LogP contribution is 2.06. The lowest BCUT2D eigenvalue weighted by Gasteiger charge is -2.03. The van der Waals surface area contributed by atoms with Crippen LogP contribution in [0.3, 0.4) is 0 Å². The third-order valence-electron chi connectivity index (χ3n) is 2.07. The van der Waals surface area contributed by atoms with Crippen LogP contribution in [-0.2, 0) is 0 Å². The fourth-order valence-electron chi connectivity index (χ4n) is 1.31. The maximum absolute atomic E-state index is 11.7. The second kappa shape index (κ2) is 4.44. The van der Waals surface area contributed by atoms with Gasteiger partial charge in [0.05, 0.1) is 0 Å². The van der Waals surface area contributed by atoms with E-state index in [1.54, 1.807) is 18.2 Å². The monoisotopic (exact) mass is 214 g/mol. The summed E-state index contributed by atoms with van der Waals surface area (Å²) in [5.74, 6) is -0.294. The lowest BCUT2D eigenvalue weighted by molar-refractivity contribution is 0.102. The molecule has 0 fully saturated rings. The Bertz CT molecular complexity index is 546. The largest absolute Gasteiger partial charge is 0.329 e. The van der Waals surface area contributed by atoms with Crippen molar-refractivity contribution in [2.75, 3.05) is 5.32 Å². The zero-order chi connectivity index (χ0) is 11.4. The van der Waals surface area contributed by atoms with Crippen LogP contribution >= 0.6 is 0 Å². The molecule has 16 heavy (non-hydrogen) atoms. The molecule has 0 radical (unpaired) electrons. The Balaban J connectivity index is 2.18. The van der Waals surface area contributed by atoms with E-state index in [9.17, 15) is 9.59 Å². The van der Waals surface area contributed by atoms with E-state index in [0.717, 1.165) is 0 Å². The van der Waals surface area contributed by atoms with Crippen molar-refractivity contribution in [3.8, 4) is 0 Å². The lowest BCUT2D eigenvalue weighted by atomic mass is 10.2. The molecule has 2 rings (SSSR count). The number of aromatic amines is 1.